The molecule has 0 aliphatic heterocycles. The van der Waals surface area contributed by atoms with Gasteiger partial charge in [0.05, 0.1) is 5.39 Å². The molecule has 0 radical (unpaired) electrons. The number of halogens is 1. The molecule has 0 bridgehead atoms. The number of fused-ring (bicyclic) bond motifs is 1. The number of methoxy groups -OCH3 is 1. The van der Waals surface area contributed by atoms with Crippen molar-refractivity contribution in [2.24, 2.45) is 5.92 Å². The summed E-state index contributed by atoms with van der Waals surface area (Å²) in [7, 11) is 1.77. The van der Waals surface area contributed by atoms with Gasteiger partial charge in [0.15, 0.2) is 5.82 Å². The van der Waals surface area contributed by atoms with E-state index >= 15 is 0 Å². The maximum absolute atomic E-state index is 6.45. The molecular formula is C16H21ClN2OS. The van der Waals surface area contributed by atoms with Gasteiger partial charge in [-0.25, -0.2) is 9.97 Å². The summed E-state index contributed by atoms with van der Waals surface area (Å²) in [4.78, 5) is 11.6. The van der Waals surface area contributed by atoms with Gasteiger partial charge in [-0.3, -0.25) is 0 Å². The SMILES string of the molecule is COC1(c2nc(Cl)c3c(C)c(C)sc3n2)CCC(C)CC1. The van der Waals surface area contributed by atoms with Gasteiger partial charge in [0, 0.05) is 12.0 Å². The summed E-state index contributed by atoms with van der Waals surface area (Å²) in [5.74, 6) is 1.51. The summed E-state index contributed by atoms with van der Waals surface area (Å²) in [6.45, 7) is 6.48. The zero-order chi connectivity index (χ0) is 15.2. The minimum Gasteiger partial charge on any atom is -0.370 e. The number of hydrogen-bond acceptors (Lipinski definition) is 4. The van der Waals surface area contributed by atoms with Crippen LogP contribution in [0.3, 0.4) is 0 Å². The van der Waals surface area contributed by atoms with Crippen molar-refractivity contribution in [3.05, 3.63) is 21.4 Å². The molecule has 0 atom stereocenters. The fourth-order valence-electron chi connectivity index (χ4n) is 3.15. The van der Waals surface area contributed by atoms with Gasteiger partial charge >= 0.3 is 0 Å². The Bertz CT molecular complexity index is 674. The second-order valence-corrected chi connectivity index (χ2v) is 7.74. The molecule has 3 rings (SSSR count). The van der Waals surface area contributed by atoms with E-state index < -0.39 is 0 Å². The number of nitrogens with zero attached hydrogens (tertiary/aromatic N) is 2. The molecular weight excluding hydrogens is 304 g/mol. The summed E-state index contributed by atoms with van der Waals surface area (Å²) in [5, 5.41) is 1.56. The van der Waals surface area contributed by atoms with Crippen LogP contribution < -0.4 is 0 Å². The molecule has 0 unspecified atom stereocenters. The van der Waals surface area contributed by atoms with Crippen LogP contribution in [0.1, 0.15) is 48.9 Å². The Hall–Kier alpha value is -0.710. The lowest BCUT2D eigenvalue weighted by Crippen LogP contribution is -2.35. The van der Waals surface area contributed by atoms with Gasteiger partial charge in [-0.1, -0.05) is 18.5 Å². The Morgan fingerprint density at radius 3 is 2.52 bits per heavy atom. The van der Waals surface area contributed by atoms with Crippen molar-refractivity contribution in [3.63, 3.8) is 0 Å². The van der Waals surface area contributed by atoms with E-state index in [1.807, 2.05) is 0 Å². The second kappa shape index (κ2) is 5.49. The van der Waals surface area contributed by atoms with Crippen LogP contribution in [0.15, 0.2) is 0 Å². The molecule has 0 N–H and O–H groups in total. The minimum atomic E-state index is -0.365. The molecule has 1 aliphatic carbocycles. The third-order valence-electron chi connectivity index (χ3n) is 4.86. The van der Waals surface area contributed by atoms with Gasteiger partial charge in [-0.15, -0.1) is 11.3 Å². The minimum absolute atomic E-state index is 0.365. The number of aryl methyl sites for hydroxylation is 2. The van der Waals surface area contributed by atoms with Gasteiger partial charge in [0.25, 0.3) is 0 Å². The predicted molar refractivity (Wildman–Crippen MR) is 88.2 cm³/mol. The topological polar surface area (TPSA) is 35.0 Å². The average Bonchev–Trinajstić information content (AvgIpc) is 2.75. The number of ether oxygens (including phenoxy) is 1. The van der Waals surface area contributed by atoms with Crippen molar-refractivity contribution in [3.8, 4) is 0 Å². The Balaban J connectivity index is 2.11. The van der Waals surface area contributed by atoms with Gasteiger partial charge in [0.1, 0.15) is 15.6 Å². The van der Waals surface area contributed by atoms with Crippen LogP contribution >= 0.6 is 22.9 Å². The van der Waals surface area contributed by atoms with E-state index in [1.54, 1.807) is 18.4 Å². The highest BCUT2D eigenvalue weighted by Crippen LogP contribution is 2.42. The van der Waals surface area contributed by atoms with E-state index in [9.17, 15) is 0 Å². The van der Waals surface area contributed by atoms with E-state index in [2.05, 4.69) is 25.8 Å². The number of rotatable bonds is 2. The van der Waals surface area contributed by atoms with Crippen molar-refractivity contribution in [2.45, 2.75) is 52.1 Å². The maximum Gasteiger partial charge on any atom is 0.163 e. The van der Waals surface area contributed by atoms with E-state index in [0.29, 0.717) is 5.15 Å². The average molecular weight is 325 g/mol. The van der Waals surface area contributed by atoms with Crippen molar-refractivity contribution < 1.29 is 4.74 Å². The van der Waals surface area contributed by atoms with E-state index in [4.69, 9.17) is 21.3 Å². The first-order chi connectivity index (χ1) is 9.97. The Morgan fingerprint density at radius 1 is 1.24 bits per heavy atom. The quantitative estimate of drug-likeness (QED) is 0.728. The molecule has 1 saturated carbocycles. The molecule has 3 nitrogen and oxygen atoms in total. The first kappa shape index (κ1) is 15.2. The summed E-state index contributed by atoms with van der Waals surface area (Å²) in [6, 6.07) is 0. The normalized spacial score (nSPS) is 26.4. The summed E-state index contributed by atoms with van der Waals surface area (Å²) in [5.41, 5.74) is 0.825. The standard InChI is InChI=1S/C16H21ClN2OS/c1-9-5-7-16(20-4,8-6-9)15-18-13(17)12-10(2)11(3)21-14(12)19-15/h9H,5-8H2,1-4H3. The highest BCUT2D eigenvalue weighted by Gasteiger charge is 2.39. The van der Waals surface area contributed by atoms with Gasteiger partial charge in [-0.2, -0.15) is 0 Å². The van der Waals surface area contributed by atoms with Crippen LogP contribution in [0, 0.1) is 19.8 Å². The van der Waals surface area contributed by atoms with Gasteiger partial charge in [0.2, 0.25) is 0 Å². The summed E-state index contributed by atoms with van der Waals surface area (Å²) in [6.07, 6.45) is 4.23. The first-order valence-electron chi connectivity index (χ1n) is 7.45. The van der Waals surface area contributed by atoms with Crippen molar-refractivity contribution in [1.82, 2.24) is 9.97 Å². The Labute approximate surface area is 134 Å². The summed E-state index contributed by atoms with van der Waals surface area (Å²) < 4.78 is 5.88. The van der Waals surface area contributed by atoms with Crippen molar-refractivity contribution >= 4 is 33.2 Å². The molecule has 0 amide bonds. The van der Waals surface area contributed by atoms with Crippen LogP contribution in [-0.4, -0.2) is 17.1 Å². The molecule has 0 aromatic carbocycles. The lowest BCUT2D eigenvalue weighted by molar-refractivity contribution is -0.0594. The van der Waals surface area contributed by atoms with Crippen molar-refractivity contribution in [1.29, 1.82) is 0 Å². The molecule has 2 heterocycles. The number of thiophene rings is 1. The molecule has 21 heavy (non-hydrogen) atoms. The molecule has 1 fully saturated rings. The highest BCUT2D eigenvalue weighted by atomic mass is 35.5. The van der Waals surface area contributed by atoms with Gasteiger partial charge < -0.3 is 4.74 Å². The van der Waals surface area contributed by atoms with Crippen LogP contribution in [0.5, 0.6) is 0 Å². The second-order valence-electron chi connectivity index (χ2n) is 6.18. The zero-order valence-corrected chi connectivity index (χ0v) is 14.6. The Morgan fingerprint density at radius 2 is 1.90 bits per heavy atom. The predicted octanol–water partition coefficient (Wildman–Crippen LogP) is 5.01. The van der Waals surface area contributed by atoms with Gasteiger partial charge in [-0.05, 0) is 51.0 Å². The first-order valence-corrected chi connectivity index (χ1v) is 8.65. The van der Waals surface area contributed by atoms with Crippen LogP contribution in [0.4, 0.5) is 0 Å². The monoisotopic (exact) mass is 324 g/mol. The highest BCUT2D eigenvalue weighted by molar-refractivity contribution is 7.18. The fourth-order valence-corrected chi connectivity index (χ4v) is 4.55. The molecule has 2 aromatic heterocycles. The Kier molecular flexibility index (Phi) is 3.97. The maximum atomic E-state index is 6.45. The summed E-state index contributed by atoms with van der Waals surface area (Å²) >= 11 is 8.14. The van der Waals surface area contributed by atoms with Crippen LogP contribution in [0.2, 0.25) is 5.15 Å². The van der Waals surface area contributed by atoms with E-state index in [1.165, 1.54) is 10.4 Å². The lowest BCUT2D eigenvalue weighted by Gasteiger charge is -2.36. The molecule has 2 aromatic rings. The third kappa shape index (κ3) is 2.47. The van der Waals surface area contributed by atoms with E-state index in [-0.39, 0.29) is 5.60 Å². The lowest BCUT2D eigenvalue weighted by atomic mass is 9.79. The van der Waals surface area contributed by atoms with E-state index in [0.717, 1.165) is 47.6 Å². The van der Waals surface area contributed by atoms with Crippen molar-refractivity contribution in [2.75, 3.05) is 7.11 Å². The fraction of sp³-hybridized carbons (Fsp3) is 0.625. The molecule has 0 saturated heterocycles. The van der Waals surface area contributed by atoms with Crippen LogP contribution in [0.25, 0.3) is 10.2 Å². The molecule has 114 valence electrons. The zero-order valence-electron chi connectivity index (χ0n) is 13.0. The molecule has 1 aliphatic rings. The third-order valence-corrected chi connectivity index (χ3v) is 6.24. The molecule has 5 heteroatoms. The van der Waals surface area contributed by atoms with Crippen LogP contribution in [-0.2, 0) is 10.3 Å². The number of hydrogen-bond donors (Lipinski definition) is 0. The largest absolute Gasteiger partial charge is 0.370 e. The smallest absolute Gasteiger partial charge is 0.163 e. The molecule has 0 spiro atoms. The number of aromatic nitrogens is 2.